The maximum Gasteiger partial charge on any atom is 0.0810 e. The van der Waals surface area contributed by atoms with Crippen molar-refractivity contribution >= 4 is 0 Å². The average Bonchev–Trinajstić information content (AvgIpc) is 2.91. The molecule has 1 saturated heterocycles. The van der Waals surface area contributed by atoms with Crippen molar-refractivity contribution in [3.05, 3.63) is 0 Å². The lowest BCUT2D eigenvalue weighted by Gasteiger charge is -2.38. The number of epoxide rings is 1. The predicted octanol–water partition coefficient (Wildman–Crippen LogP) is 5.04. The fraction of sp³-hybridized carbons (Fsp3) is 1.00. The first-order chi connectivity index (χ1) is 10.4. The molecule has 118 valence electrons. The number of unbranched alkanes of at least 4 members (excludes halogenated alkanes) is 3. The van der Waals surface area contributed by atoms with Gasteiger partial charge in [-0.05, 0) is 80.0 Å². The van der Waals surface area contributed by atoms with Crippen molar-refractivity contribution in [1.82, 2.24) is 0 Å². The first-order valence-electron chi connectivity index (χ1n) is 10.0. The van der Waals surface area contributed by atoms with E-state index >= 15 is 0 Å². The molecule has 0 aromatic rings. The molecule has 8 atom stereocenters. The van der Waals surface area contributed by atoms with Gasteiger partial charge in [0.05, 0.1) is 12.7 Å². The summed E-state index contributed by atoms with van der Waals surface area (Å²) in [5.74, 6) is 8.27. The van der Waals surface area contributed by atoms with E-state index < -0.39 is 0 Å². The minimum absolute atomic E-state index is 0.658. The third-order valence-corrected chi connectivity index (χ3v) is 8.12. The van der Waals surface area contributed by atoms with E-state index in [1.807, 2.05) is 0 Å². The van der Waals surface area contributed by atoms with Crippen molar-refractivity contribution in [2.45, 2.75) is 76.7 Å². The lowest BCUT2D eigenvalue weighted by Crippen LogP contribution is -2.32. The first-order valence-corrected chi connectivity index (χ1v) is 10.0. The molecule has 4 saturated carbocycles. The average molecular weight is 288 g/mol. The quantitative estimate of drug-likeness (QED) is 0.363. The second kappa shape index (κ2) is 5.25. The van der Waals surface area contributed by atoms with Crippen molar-refractivity contribution < 1.29 is 4.74 Å². The Labute approximate surface area is 130 Å². The van der Waals surface area contributed by atoms with E-state index in [1.54, 1.807) is 38.5 Å². The van der Waals surface area contributed by atoms with Gasteiger partial charge >= 0.3 is 0 Å². The summed E-state index contributed by atoms with van der Waals surface area (Å²) in [6.07, 6.45) is 17.6. The Morgan fingerprint density at radius 3 is 2.29 bits per heavy atom. The molecule has 0 aromatic heterocycles. The number of fused-ring (bicyclic) bond motifs is 9. The van der Waals surface area contributed by atoms with Crippen LogP contribution in [0.25, 0.3) is 0 Å². The molecule has 0 amide bonds. The molecule has 21 heavy (non-hydrogen) atoms. The van der Waals surface area contributed by atoms with E-state index in [0.29, 0.717) is 6.10 Å². The van der Waals surface area contributed by atoms with Crippen LogP contribution in [0.4, 0.5) is 0 Å². The molecule has 0 N–H and O–H groups in total. The zero-order chi connectivity index (χ0) is 13.8. The van der Waals surface area contributed by atoms with E-state index in [-0.39, 0.29) is 0 Å². The molecule has 1 heterocycles. The van der Waals surface area contributed by atoms with Crippen molar-refractivity contribution in [1.29, 1.82) is 0 Å². The SMILES string of the molecule is C(CCCC1CC2CC1C1C3CCC(C3)C21)CCC1CO1. The third kappa shape index (κ3) is 2.30. The van der Waals surface area contributed by atoms with Gasteiger partial charge in [0.25, 0.3) is 0 Å². The highest BCUT2D eigenvalue weighted by molar-refractivity contribution is 5.10. The van der Waals surface area contributed by atoms with Gasteiger partial charge in [-0.15, -0.1) is 0 Å². The molecule has 5 aliphatic rings. The van der Waals surface area contributed by atoms with Crippen LogP contribution in [-0.4, -0.2) is 12.7 Å². The van der Waals surface area contributed by atoms with Gasteiger partial charge in [0.2, 0.25) is 0 Å². The van der Waals surface area contributed by atoms with Crippen molar-refractivity contribution in [3.8, 4) is 0 Å². The maximum absolute atomic E-state index is 5.29. The highest BCUT2D eigenvalue weighted by atomic mass is 16.6. The van der Waals surface area contributed by atoms with Crippen molar-refractivity contribution in [2.24, 2.45) is 41.4 Å². The van der Waals surface area contributed by atoms with Crippen LogP contribution in [-0.2, 0) is 4.74 Å². The van der Waals surface area contributed by atoms with Gasteiger partial charge in [-0.25, -0.2) is 0 Å². The van der Waals surface area contributed by atoms with Crippen LogP contribution >= 0.6 is 0 Å². The molecule has 0 spiro atoms. The van der Waals surface area contributed by atoms with E-state index in [2.05, 4.69) is 0 Å². The highest BCUT2D eigenvalue weighted by Gasteiger charge is 2.61. The molecule has 1 heteroatoms. The largest absolute Gasteiger partial charge is 0.373 e. The summed E-state index contributed by atoms with van der Waals surface area (Å²) < 4.78 is 5.29. The molecule has 4 aliphatic carbocycles. The Balaban J connectivity index is 1.07. The van der Waals surface area contributed by atoms with Gasteiger partial charge in [-0.3, -0.25) is 0 Å². The van der Waals surface area contributed by atoms with Gasteiger partial charge in [0.1, 0.15) is 0 Å². The molecule has 5 fully saturated rings. The number of hydrogen-bond acceptors (Lipinski definition) is 1. The zero-order valence-electron chi connectivity index (χ0n) is 13.5. The summed E-state index contributed by atoms with van der Waals surface area (Å²) in [6, 6.07) is 0. The Bertz CT molecular complexity index is 387. The smallest absolute Gasteiger partial charge is 0.0810 e. The predicted molar refractivity (Wildman–Crippen MR) is 85.0 cm³/mol. The van der Waals surface area contributed by atoms with E-state index in [0.717, 1.165) is 12.5 Å². The van der Waals surface area contributed by atoms with Crippen molar-refractivity contribution in [3.63, 3.8) is 0 Å². The Hall–Kier alpha value is -0.0400. The molecule has 0 radical (unpaired) electrons. The molecule has 1 aliphatic heterocycles. The lowest BCUT2D eigenvalue weighted by atomic mass is 9.66. The molecular weight excluding hydrogens is 256 g/mol. The minimum atomic E-state index is 0.658. The molecule has 5 rings (SSSR count). The van der Waals surface area contributed by atoms with Crippen LogP contribution in [0.5, 0.6) is 0 Å². The van der Waals surface area contributed by atoms with Gasteiger partial charge in [0.15, 0.2) is 0 Å². The van der Waals surface area contributed by atoms with Crippen LogP contribution in [0, 0.1) is 41.4 Å². The monoisotopic (exact) mass is 288 g/mol. The molecule has 4 bridgehead atoms. The number of hydrogen-bond donors (Lipinski definition) is 0. The van der Waals surface area contributed by atoms with Gasteiger partial charge in [-0.2, -0.15) is 0 Å². The molecule has 0 aromatic carbocycles. The Kier molecular flexibility index (Phi) is 3.35. The Morgan fingerprint density at radius 2 is 1.48 bits per heavy atom. The first kappa shape index (κ1) is 13.4. The Morgan fingerprint density at radius 1 is 0.714 bits per heavy atom. The number of ether oxygens (including phenoxy) is 1. The topological polar surface area (TPSA) is 12.5 Å². The number of rotatable bonds is 7. The van der Waals surface area contributed by atoms with Gasteiger partial charge in [-0.1, -0.05) is 32.1 Å². The van der Waals surface area contributed by atoms with Crippen LogP contribution in [0.1, 0.15) is 70.6 Å². The zero-order valence-corrected chi connectivity index (χ0v) is 13.5. The summed E-state index contributed by atoms with van der Waals surface area (Å²) in [7, 11) is 0. The molecule has 1 nitrogen and oxygen atoms in total. The second-order valence-electron chi connectivity index (χ2n) is 9.09. The normalized spacial score (nSPS) is 52.6. The van der Waals surface area contributed by atoms with E-state index in [1.165, 1.54) is 67.6 Å². The minimum Gasteiger partial charge on any atom is -0.373 e. The summed E-state index contributed by atoms with van der Waals surface area (Å²) in [5, 5.41) is 0. The highest BCUT2D eigenvalue weighted by Crippen LogP contribution is 2.69. The molecular formula is C20H32O. The third-order valence-electron chi connectivity index (χ3n) is 8.12. The van der Waals surface area contributed by atoms with Crippen molar-refractivity contribution in [2.75, 3.05) is 6.61 Å². The van der Waals surface area contributed by atoms with E-state index in [9.17, 15) is 0 Å². The molecule has 8 unspecified atom stereocenters. The van der Waals surface area contributed by atoms with E-state index in [4.69, 9.17) is 4.74 Å². The van der Waals surface area contributed by atoms with Gasteiger partial charge < -0.3 is 4.74 Å². The fourth-order valence-electron chi connectivity index (χ4n) is 7.40. The van der Waals surface area contributed by atoms with Crippen LogP contribution in [0.3, 0.4) is 0 Å². The summed E-state index contributed by atoms with van der Waals surface area (Å²) in [4.78, 5) is 0. The van der Waals surface area contributed by atoms with Crippen LogP contribution in [0.15, 0.2) is 0 Å². The maximum atomic E-state index is 5.29. The summed E-state index contributed by atoms with van der Waals surface area (Å²) >= 11 is 0. The lowest BCUT2D eigenvalue weighted by molar-refractivity contribution is 0.0997. The summed E-state index contributed by atoms with van der Waals surface area (Å²) in [5.41, 5.74) is 0. The van der Waals surface area contributed by atoms with Crippen LogP contribution < -0.4 is 0 Å². The standard InChI is InChI=1S/C20H32O/c1(2-4-6-17-12-21-17)3-5-13-9-16-11-18(13)20-15-8-7-14(10-15)19(16)20/h13-20H,1-12H2. The fourth-order valence-corrected chi connectivity index (χ4v) is 7.40. The second-order valence-corrected chi connectivity index (χ2v) is 9.09. The summed E-state index contributed by atoms with van der Waals surface area (Å²) in [6.45, 7) is 1.05. The van der Waals surface area contributed by atoms with Gasteiger partial charge in [0, 0.05) is 0 Å². The van der Waals surface area contributed by atoms with Crippen LogP contribution in [0.2, 0.25) is 0 Å².